The van der Waals surface area contributed by atoms with Crippen molar-refractivity contribution in [1.82, 2.24) is 10.2 Å². The number of amides is 3. The van der Waals surface area contributed by atoms with E-state index in [1.165, 1.54) is 36.3 Å². The van der Waals surface area contributed by atoms with E-state index in [4.69, 9.17) is 4.74 Å². The molecule has 0 bridgehead atoms. The molecule has 0 radical (unpaired) electrons. The molecule has 2 N–H and O–H groups in total. The van der Waals surface area contributed by atoms with Crippen LogP contribution in [0.2, 0.25) is 0 Å². The number of carbonyl (C=O) groups is 3. The summed E-state index contributed by atoms with van der Waals surface area (Å²) in [5, 5.41) is 5.26. The Bertz CT molecular complexity index is 1110. The van der Waals surface area contributed by atoms with E-state index in [1.54, 1.807) is 13.8 Å². The highest BCUT2D eigenvalue weighted by Crippen LogP contribution is 2.26. The molecule has 35 heavy (non-hydrogen) atoms. The Labute approximate surface area is 201 Å². The largest absolute Gasteiger partial charge is 0.497 e. The zero-order chi connectivity index (χ0) is 25.7. The average molecular weight is 492 g/mol. The van der Waals surface area contributed by atoms with Crippen LogP contribution in [0.4, 0.5) is 18.9 Å². The normalized spacial score (nSPS) is 16.4. The Balaban J connectivity index is 1.66. The van der Waals surface area contributed by atoms with Gasteiger partial charge in [0.05, 0.1) is 7.11 Å². The van der Waals surface area contributed by atoms with Crippen LogP contribution in [0, 0.1) is 23.4 Å². The first-order valence-corrected chi connectivity index (χ1v) is 11.3. The van der Waals surface area contributed by atoms with Crippen LogP contribution in [0.15, 0.2) is 36.4 Å². The maximum atomic E-state index is 14.1. The first-order valence-electron chi connectivity index (χ1n) is 11.3. The lowest BCUT2D eigenvalue weighted by atomic mass is 10.0. The Morgan fingerprint density at radius 2 is 1.91 bits per heavy atom. The highest BCUT2D eigenvalue weighted by Gasteiger charge is 2.34. The van der Waals surface area contributed by atoms with Gasteiger partial charge in [0.1, 0.15) is 17.6 Å². The van der Waals surface area contributed by atoms with E-state index in [1.807, 2.05) is 0 Å². The van der Waals surface area contributed by atoms with Crippen molar-refractivity contribution in [1.29, 1.82) is 0 Å². The lowest BCUT2D eigenvalue weighted by molar-refractivity contribution is -0.131. The van der Waals surface area contributed by atoms with Gasteiger partial charge in [0, 0.05) is 48.8 Å². The molecule has 1 saturated heterocycles. The molecule has 3 amide bonds. The summed E-state index contributed by atoms with van der Waals surface area (Å²) >= 11 is 0. The number of nitrogens with zero attached hydrogens (tertiary/aromatic N) is 1. The predicted octanol–water partition coefficient (Wildman–Crippen LogP) is 3.77. The van der Waals surface area contributed by atoms with Crippen molar-refractivity contribution < 1.29 is 32.3 Å². The smallest absolute Gasteiger partial charge is 0.247 e. The van der Waals surface area contributed by atoms with Crippen LogP contribution in [0.3, 0.4) is 0 Å². The molecular formula is C25H28F3N3O4. The maximum absolute atomic E-state index is 14.1. The zero-order valence-corrected chi connectivity index (χ0v) is 19.7. The van der Waals surface area contributed by atoms with Crippen molar-refractivity contribution in [2.45, 2.75) is 51.7 Å². The molecule has 1 heterocycles. The summed E-state index contributed by atoms with van der Waals surface area (Å²) in [4.78, 5) is 39.4. The van der Waals surface area contributed by atoms with Gasteiger partial charge >= 0.3 is 0 Å². The van der Waals surface area contributed by atoms with E-state index >= 15 is 0 Å². The molecule has 10 heteroatoms. The van der Waals surface area contributed by atoms with Gasteiger partial charge in [0.15, 0.2) is 11.6 Å². The third-order valence-electron chi connectivity index (χ3n) is 5.89. The van der Waals surface area contributed by atoms with Crippen molar-refractivity contribution >= 4 is 23.4 Å². The molecule has 1 fully saturated rings. The van der Waals surface area contributed by atoms with Gasteiger partial charge in [-0.3, -0.25) is 14.4 Å². The van der Waals surface area contributed by atoms with E-state index in [0.717, 1.165) is 12.1 Å². The highest BCUT2D eigenvalue weighted by atomic mass is 19.2. The molecule has 2 aromatic rings. The molecule has 7 nitrogen and oxygen atoms in total. The minimum absolute atomic E-state index is 0.0237. The summed E-state index contributed by atoms with van der Waals surface area (Å²) in [6.45, 7) is 3.33. The van der Waals surface area contributed by atoms with Gasteiger partial charge in [0.25, 0.3) is 0 Å². The monoisotopic (exact) mass is 491 g/mol. The molecule has 2 aromatic carbocycles. The van der Waals surface area contributed by atoms with Crippen LogP contribution >= 0.6 is 0 Å². The fourth-order valence-electron chi connectivity index (χ4n) is 4.03. The summed E-state index contributed by atoms with van der Waals surface area (Å²) < 4.78 is 46.4. The van der Waals surface area contributed by atoms with E-state index in [9.17, 15) is 27.6 Å². The van der Waals surface area contributed by atoms with Crippen LogP contribution in [0.5, 0.6) is 5.75 Å². The van der Waals surface area contributed by atoms with Crippen LogP contribution in [0.1, 0.15) is 38.7 Å². The van der Waals surface area contributed by atoms with Crippen molar-refractivity contribution in [3.05, 3.63) is 59.4 Å². The molecule has 0 saturated carbocycles. The van der Waals surface area contributed by atoms with Gasteiger partial charge < -0.3 is 20.3 Å². The number of benzene rings is 2. The lowest BCUT2D eigenvalue weighted by Crippen LogP contribution is -2.48. The number of hydrogen-bond acceptors (Lipinski definition) is 4. The van der Waals surface area contributed by atoms with E-state index in [2.05, 4.69) is 10.6 Å². The number of hydrogen-bond donors (Lipinski definition) is 2. The molecule has 0 aromatic heterocycles. The quantitative estimate of drug-likeness (QED) is 0.559. The van der Waals surface area contributed by atoms with Gasteiger partial charge in [-0.1, -0.05) is 26.0 Å². The van der Waals surface area contributed by atoms with E-state index in [-0.39, 0.29) is 48.2 Å². The molecule has 1 aliphatic rings. The Morgan fingerprint density at radius 1 is 1.17 bits per heavy atom. The SMILES string of the molecule is COc1cc(F)cc(NC(=O)C(NC(=O)C[C@@H]2CCC(=O)N2Cc2cccc(F)c2F)C(C)C)c1. The number of rotatable bonds is 9. The second-order valence-electron chi connectivity index (χ2n) is 8.79. The fraction of sp³-hybridized carbons (Fsp3) is 0.400. The molecule has 0 aliphatic carbocycles. The number of anilines is 1. The molecular weight excluding hydrogens is 463 g/mol. The second kappa shape index (κ2) is 11.2. The van der Waals surface area contributed by atoms with Crippen molar-refractivity contribution in [2.75, 3.05) is 12.4 Å². The molecule has 1 unspecified atom stereocenters. The van der Waals surface area contributed by atoms with Gasteiger partial charge in [-0.25, -0.2) is 13.2 Å². The van der Waals surface area contributed by atoms with Gasteiger partial charge in [-0.2, -0.15) is 0 Å². The van der Waals surface area contributed by atoms with E-state index in [0.29, 0.717) is 6.42 Å². The molecule has 1 aliphatic heterocycles. The lowest BCUT2D eigenvalue weighted by Gasteiger charge is -2.27. The van der Waals surface area contributed by atoms with Gasteiger partial charge in [0.2, 0.25) is 17.7 Å². The number of nitrogens with one attached hydrogen (secondary N) is 2. The fourth-order valence-corrected chi connectivity index (χ4v) is 4.03. The summed E-state index contributed by atoms with van der Waals surface area (Å²) in [5.74, 6) is -3.97. The maximum Gasteiger partial charge on any atom is 0.247 e. The van der Waals surface area contributed by atoms with Gasteiger partial charge in [-0.15, -0.1) is 0 Å². The van der Waals surface area contributed by atoms with Crippen LogP contribution in [-0.2, 0) is 20.9 Å². The number of ether oxygens (including phenoxy) is 1. The number of likely N-dealkylation sites (tertiary alicyclic amines) is 1. The van der Waals surface area contributed by atoms with E-state index < -0.39 is 41.3 Å². The minimum atomic E-state index is -1.03. The summed E-state index contributed by atoms with van der Waals surface area (Å²) in [6, 6.07) is 6.05. The predicted molar refractivity (Wildman–Crippen MR) is 123 cm³/mol. The third-order valence-corrected chi connectivity index (χ3v) is 5.89. The van der Waals surface area contributed by atoms with Crippen LogP contribution in [-0.4, -0.2) is 41.8 Å². The Hall–Kier alpha value is -3.56. The number of halogens is 3. The second-order valence-corrected chi connectivity index (χ2v) is 8.79. The Morgan fingerprint density at radius 3 is 2.60 bits per heavy atom. The van der Waals surface area contributed by atoms with Crippen molar-refractivity contribution in [3.63, 3.8) is 0 Å². The standard InChI is InChI=1S/C25H28F3N3O4/c1-14(2)24(25(34)29-17-9-16(26)10-19(11-17)35-3)30-21(32)12-18-7-8-22(33)31(18)13-15-5-4-6-20(27)23(15)28/h4-6,9-11,14,18,24H,7-8,12-13H2,1-3H3,(H,29,34)(H,30,32)/t18-,24?/m0/s1. The van der Waals surface area contributed by atoms with Crippen molar-refractivity contribution in [3.8, 4) is 5.75 Å². The Kier molecular flexibility index (Phi) is 8.37. The van der Waals surface area contributed by atoms with Crippen LogP contribution < -0.4 is 15.4 Å². The van der Waals surface area contributed by atoms with Gasteiger partial charge in [-0.05, 0) is 24.5 Å². The summed E-state index contributed by atoms with van der Waals surface area (Å²) in [7, 11) is 1.37. The molecule has 0 spiro atoms. The third kappa shape index (κ3) is 6.52. The molecule has 2 atom stereocenters. The first kappa shape index (κ1) is 26.1. The summed E-state index contributed by atoms with van der Waals surface area (Å²) in [6.07, 6.45) is 0.460. The minimum Gasteiger partial charge on any atom is -0.497 e. The highest BCUT2D eigenvalue weighted by molar-refractivity contribution is 5.97. The molecule has 188 valence electrons. The topological polar surface area (TPSA) is 87.7 Å². The summed E-state index contributed by atoms with van der Waals surface area (Å²) in [5.41, 5.74) is 0.201. The number of carbonyl (C=O) groups excluding carboxylic acids is 3. The zero-order valence-electron chi connectivity index (χ0n) is 19.7. The first-order chi connectivity index (χ1) is 16.6. The molecule has 3 rings (SSSR count). The van der Waals surface area contributed by atoms with Crippen molar-refractivity contribution in [2.24, 2.45) is 5.92 Å². The number of methoxy groups -OCH3 is 1. The van der Waals surface area contributed by atoms with Crippen LogP contribution in [0.25, 0.3) is 0 Å². The average Bonchev–Trinajstić information content (AvgIpc) is 3.13.